The zero-order chi connectivity index (χ0) is 15.8. The minimum absolute atomic E-state index is 0.0251. The first kappa shape index (κ1) is 18.1. The van der Waals surface area contributed by atoms with E-state index in [2.05, 4.69) is 14.8 Å². The fourth-order valence-electron chi connectivity index (χ4n) is 1.51. The second-order valence-corrected chi connectivity index (χ2v) is 3.97. The Hall–Kier alpha value is -1.93. The first-order valence-corrected chi connectivity index (χ1v) is 5.77. The van der Waals surface area contributed by atoms with E-state index in [1.807, 2.05) is 5.32 Å². The molecular weight excluding hydrogens is 278 g/mol. The van der Waals surface area contributed by atoms with Crippen molar-refractivity contribution in [1.82, 2.24) is 10.6 Å². The van der Waals surface area contributed by atoms with Crippen molar-refractivity contribution in [1.29, 1.82) is 0 Å². The van der Waals surface area contributed by atoms with Crippen molar-refractivity contribution in [3.05, 3.63) is 0 Å². The molecule has 0 aliphatic rings. The van der Waals surface area contributed by atoms with Gasteiger partial charge in [-0.2, -0.15) is 0 Å². The number of rotatable bonds is 7. The van der Waals surface area contributed by atoms with Gasteiger partial charge in [-0.1, -0.05) is 0 Å². The quantitative estimate of drug-likeness (QED) is 0.685. The highest BCUT2D eigenvalue weighted by Crippen LogP contribution is 2.23. The number of amides is 2. The fourth-order valence-corrected chi connectivity index (χ4v) is 1.51. The lowest BCUT2D eigenvalue weighted by molar-refractivity contribution is -0.130. The summed E-state index contributed by atoms with van der Waals surface area (Å²) in [6.07, 6.45) is -5.24. The Morgan fingerprint density at radius 2 is 1.70 bits per heavy atom. The summed E-state index contributed by atoms with van der Waals surface area (Å²) in [5.74, 6) is -0.893. The van der Waals surface area contributed by atoms with Crippen LogP contribution in [0.1, 0.15) is 19.8 Å². The number of ketones is 1. The van der Waals surface area contributed by atoms with E-state index in [1.165, 1.54) is 0 Å². The van der Waals surface area contributed by atoms with Crippen LogP contribution in [0.5, 0.6) is 0 Å². The number of alkyl carbamates (subject to hydrolysis) is 2. The molecule has 0 bridgehead atoms. The van der Waals surface area contributed by atoms with Gasteiger partial charge in [-0.3, -0.25) is 4.79 Å². The van der Waals surface area contributed by atoms with Gasteiger partial charge >= 0.3 is 12.2 Å². The van der Waals surface area contributed by atoms with Crippen LogP contribution in [0.3, 0.4) is 0 Å². The van der Waals surface area contributed by atoms with Crippen molar-refractivity contribution in [2.75, 3.05) is 20.8 Å². The Kier molecular flexibility index (Phi) is 7.48. The molecule has 1 atom stereocenters. The minimum Gasteiger partial charge on any atom is -0.453 e. The third kappa shape index (κ3) is 4.98. The minimum atomic E-state index is -3.10. The number of carbonyl (C=O) groups excluding carboxylic acids is 3. The van der Waals surface area contributed by atoms with Crippen LogP contribution in [0.25, 0.3) is 0 Å². The third-order valence-corrected chi connectivity index (χ3v) is 2.71. The van der Waals surface area contributed by atoms with Gasteiger partial charge in [0.1, 0.15) is 0 Å². The van der Waals surface area contributed by atoms with Crippen LogP contribution < -0.4 is 10.6 Å². The molecule has 9 heteroatoms. The van der Waals surface area contributed by atoms with Crippen molar-refractivity contribution >= 4 is 18.0 Å². The number of methoxy groups -OCH3 is 2. The van der Waals surface area contributed by atoms with E-state index >= 15 is 0 Å². The number of hydrogen-bond donors (Lipinski definition) is 2. The molecule has 1 unspecified atom stereocenters. The van der Waals surface area contributed by atoms with E-state index in [9.17, 15) is 23.2 Å². The summed E-state index contributed by atoms with van der Waals surface area (Å²) >= 11 is 0. The van der Waals surface area contributed by atoms with E-state index < -0.39 is 29.9 Å². The molecule has 116 valence electrons. The molecule has 0 fully saturated rings. The summed E-state index contributed by atoms with van der Waals surface area (Å²) in [5.41, 5.74) is -2.33. The van der Waals surface area contributed by atoms with Crippen molar-refractivity contribution < 1.29 is 32.6 Å². The van der Waals surface area contributed by atoms with Crippen LogP contribution in [0.4, 0.5) is 18.4 Å². The van der Waals surface area contributed by atoms with Gasteiger partial charge in [-0.15, -0.1) is 0 Å². The van der Waals surface area contributed by atoms with Crippen LogP contribution in [0.2, 0.25) is 0 Å². The lowest BCUT2D eigenvalue weighted by Crippen LogP contribution is -2.59. The van der Waals surface area contributed by atoms with Gasteiger partial charge in [0.25, 0.3) is 6.43 Å². The zero-order valence-electron chi connectivity index (χ0n) is 11.5. The van der Waals surface area contributed by atoms with E-state index in [0.29, 0.717) is 0 Å². The molecule has 7 nitrogen and oxygen atoms in total. The summed E-state index contributed by atoms with van der Waals surface area (Å²) < 4.78 is 34.8. The average molecular weight is 296 g/mol. The van der Waals surface area contributed by atoms with E-state index in [-0.39, 0.29) is 19.4 Å². The maximum absolute atomic E-state index is 13.2. The number of Topliss-reactive ketones (excluding diaryl/α,β-unsaturated/α-hetero) is 1. The summed E-state index contributed by atoms with van der Waals surface area (Å²) in [5, 5.41) is 4.17. The Labute approximate surface area is 115 Å². The van der Waals surface area contributed by atoms with Gasteiger partial charge in [-0.25, -0.2) is 18.4 Å². The molecule has 0 aromatic carbocycles. The largest absolute Gasteiger partial charge is 0.453 e. The van der Waals surface area contributed by atoms with Crippen LogP contribution in [-0.4, -0.2) is 50.7 Å². The van der Waals surface area contributed by atoms with Crippen LogP contribution in [-0.2, 0) is 14.3 Å². The second-order valence-electron chi connectivity index (χ2n) is 3.97. The maximum atomic E-state index is 13.2. The van der Waals surface area contributed by atoms with Crippen LogP contribution in [0, 0.1) is 0 Å². The van der Waals surface area contributed by atoms with Crippen LogP contribution in [0.15, 0.2) is 0 Å². The molecular formula is C11H18F2N2O5. The van der Waals surface area contributed by atoms with Crippen molar-refractivity contribution in [3.63, 3.8) is 0 Å². The molecule has 20 heavy (non-hydrogen) atoms. The SMILES string of the molecule is COC(=O)NCCCC(NC(=O)OC)(C(C)=O)C(F)F. The highest BCUT2D eigenvalue weighted by atomic mass is 19.3. The number of nitrogens with one attached hydrogen (secondary N) is 2. The van der Waals surface area contributed by atoms with E-state index in [0.717, 1.165) is 21.1 Å². The van der Waals surface area contributed by atoms with Gasteiger partial charge in [0.2, 0.25) is 0 Å². The average Bonchev–Trinajstić information content (AvgIpc) is 2.40. The van der Waals surface area contributed by atoms with E-state index in [4.69, 9.17) is 0 Å². The Bertz CT molecular complexity index is 365. The number of hydrogen-bond acceptors (Lipinski definition) is 5. The molecule has 0 aliphatic heterocycles. The topological polar surface area (TPSA) is 93.7 Å². The molecule has 0 aromatic heterocycles. The van der Waals surface area contributed by atoms with Gasteiger partial charge in [0.15, 0.2) is 11.3 Å². The lowest BCUT2D eigenvalue weighted by Gasteiger charge is -2.30. The standard InChI is InChI=1S/C11H18F2N2O5/c1-7(16)11(8(12)13,15-10(18)20-3)5-4-6-14-9(17)19-2/h8H,4-6H2,1-3H3,(H,14,17)(H,15,18). The molecule has 0 spiro atoms. The molecule has 0 heterocycles. The molecule has 2 amide bonds. The van der Waals surface area contributed by atoms with Crippen molar-refractivity contribution in [3.8, 4) is 0 Å². The summed E-state index contributed by atoms with van der Waals surface area (Å²) in [6.45, 7) is 0.979. The highest BCUT2D eigenvalue weighted by molar-refractivity contribution is 5.90. The highest BCUT2D eigenvalue weighted by Gasteiger charge is 2.46. The van der Waals surface area contributed by atoms with E-state index in [1.54, 1.807) is 0 Å². The number of halogens is 2. The fraction of sp³-hybridized carbons (Fsp3) is 0.727. The molecule has 0 saturated heterocycles. The van der Waals surface area contributed by atoms with Crippen molar-refractivity contribution in [2.45, 2.75) is 31.7 Å². The second kappa shape index (κ2) is 8.28. The summed E-state index contributed by atoms with van der Waals surface area (Å²) in [4.78, 5) is 33.4. The number of alkyl halides is 2. The summed E-state index contributed by atoms with van der Waals surface area (Å²) in [6, 6.07) is 0. The lowest BCUT2D eigenvalue weighted by atomic mass is 9.89. The molecule has 0 saturated carbocycles. The third-order valence-electron chi connectivity index (χ3n) is 2.71. The van der Waals surface area contributed by atoms with Crippen LogP contribution >= 0.6 is 0 Å². The van der Waals surface area contributed by atoms with Gasteiger partial charge in [0.05, 0.1) is 14.2 Å². The molecule has 2 N–H and O–H groups in total. The smallest absolute Gasteiger partial charge is 0.407 e. The normalized spacial score (nSPS) is 13.3. The monoisotopic (exact) mass is 296 g/mol. The van der Waals surface area contributed by atoms with Gasteiger partial charge < -0.3 is 20.1 Å². The molecule has 0 rings (SSSR count). The number of ether oxygens (including phenoxy) is 2. The first-order chi connectivity index (χ1) is 9.30. The Morgan fingerprint density at radius 3 is 2.10 bits per heavy atom. The Morgan fingerprint density at radius 1 is 1.15 bits per heavy atom. The molecule has 0 radical (unpaired) electrons. The Balaban J connectivity index is 4.72. The first-order valence-electron chi connectivity index (χ1n) is 5.77. The molecule has 0 aromatic rings. The predicted octanol–water partition coefficient (Wildman–Crippen LogP) is 1.07. The maximum Gasteiger partial charge on any atom is 0.407 e. The number of carbonyl (C=O) groups is 3. The van der Waals surface area contributed by atoms with Gasteiger partial charge in [-0.05, 0) is 19.8 Å². The molecule has 0 aliphatic carbocycles. The van der Waals surface area contributed by atoms with Gasteiger partial charge in [0, 0.05) is 6.54 Å². The zero-order valence-corrected chi connectivity index (χ0v) is 11.5. The summed E-state index contributed by atoms with van der Waals surface area (Å²) in [7, 11) is 2.16. The van der Waals surface area contributed by atoms with Crippen molar-refractivity contribution in [2.24, 2.45) is 0 Å². The predicted molar refractivity (Wildman–Crippen MR) is 64.6 cm³/mol.